The van der Waals surface area contributed by atoms with Crippen molar-refractivity contribution in [2.75, 3.05) is 5.73 Å². The lowest BCUT2D eigenvalue weighted by atomic mass is 9.89. The highest BCUT2D eigenvalue weighted by Gasteiger charge is 2.22. The molecule has 2 nitrogen and oxygen atoms in total. The zero-order valence-electron chi connectivity index (χ0n) is 9.83. The SMILES string of the molecule is Cc1cc(N)cc(C2CCCCCC2=O)c1. The average Bonchev–Trinajstić information content (AvgIpc) is 2.41. The molecule has 1 aromatic carbocycles. The topological polar surface area (TPSA) is 43.1 Å². The van der Waals surface area contributed by atoms with Gasteiger partial charge in [-0.3, -0.25) is 4.79 Å². The minimum Gasteiger partial charge on any atom is -0.399 e. The number of nitrogens with two attached hydrogens (primary N) is 1. The standard InChI is InChI=1S/C14H19NO/c1-10-7-11(9-12(15)8-10)13-5-3-2-4-6-14(13)16/h7-9,13H,2-6,15H2,1H3. The van der Waals surface area contributed by atoms with E-state index in [2.05, 4.69) is 6.07 Å². The number of carbonyl (C=O) groups excluding carboxylic acids is 1. The number of anilines is 1. The van der Waals surface area contributed by atoms with Gasteiger partial charge in [0.2, 0.25) is 0 Å². The molecule has 0 bridgehead atoms. The maximum Gasteiger partial charge on any atom is 0.140 e. The molecule has 86 valence electrons. The van der Waals surface area contributed by atoms with Crippen LogP contribution < -0.4 is 5.73 Å². The second-order valence-electron chi connectivity index (χ2n) is 4.80. The molecule has 0 aromatic heterocycles. The number of carbonyl (C=O) groups is 1. The van der Waals surface area contributed by atoms with Gasteiger partial charge in [-0.1, -0.05) is 18.9 Å². The first-order valence-electron chi connectivity index (χ1n) is 6.06. The maximum absolute atomic E-state index is 12.0. The Kier molecular flexibility index (Phi) is 3.28. The molecule has 0 heterocycles. The van der Waals surface area contributed by atoms with Crippen molar-refractivity contribution in [2.45, 2.75) is 44.9 Å². The molecular weight excluding hydrogens is 198 g/mol. The third kappa shape index (κ3) is 2.43. The first-order valence-corrected chi connectivity index (χ1v) is 6.06. The Morgan fingerprint density at radius 1 is 1.19 bits per heavy atom. The van der Waals surface area contributed by atoms with E-state index < -0.39 is 0 Å². The number of benzene rings is 1. The van der Waals surface area contributed by atoms with E-state index in [1.807, 2.05) is 19.1 Å². The monoisotopic (exact) mass is 217 g/mol. The molecule has 0 saturated heterocycles. The van der Waals surface area contributed by atoms with Gasteiger partial charge in [0, 0.05) is 18.0 Å². The molecule has 1 saturated carbocycles. The zero-order chi connectivity index (χ0) is 11.5. The second kappa shape index (κ2) is 4.69. The highest BCUT2D eigenvalue weighted by molar-refractivity contribution is 5.86. The minimum atomic E-state index is 0.0877. The molecule has 2 N–H and O–H groups in total. The van der Waals surface area contributed by atoms with Crippen molar-refractivity contribution in [1.29, 1.82) is 0 Å². The summed E-state index contributed by atoms with van der Waals surface area (Å²) in [7, 11) is 0. The van der Waals surface area contributed by atoms with Crippen LogP contribution in [0.3, 0.4) is 0 Å². The van der Waals surface area contributed by atoms with Crippen molar-refractivity contribution < 1.29 is 4.79 Å². The highest BCUT2D eigenvalue weighted by atomic mass is 16.1. The number of hydrogen-bond donors (Lipinski definition) is 1. The number of ketones is 1. The van der Waals surface area contributed by atoms with Gasteiger partial charge in [-0.15, -0.1) is 0 Å². The summed E-state index contributed by atoms with van der Waals surface area (Å²) in [5.74, 6) is 0.479. The van der Waals surface area contributed by atoms with Crippen LogP contribution in [0.1, 0.15) is 49.1 Å². The van der Waals surface area contributed by atoms with Crippen LogP contribution in [0, 0.1) is 6.92 Å². The van der Waals surface area contributed by atoms with Crippen molar-refractivity contribution in [1.82, 2.24) is 0 Å². The summed E-state index contributed by atoms with van der Waals surface area (Å²) in [6, 6.07) is 6.01. The van der Waals surface area contributed by atoms with Crippen LogP contribution >= 0.6 is 0 Å². The summed E-state index contributed by atoms with van der Waals surface area (Å²) in [5, 5.41) is 0. The van der Waals surface area contributed by atoms with E-state index in [9.17, 15) is 4.79 Å². The van der Waals surface area contributed by atoms with Gasteiger partial charge in [0.15, 0.2) is 0 Å². The van der Waals surface area contributed by atoms with E-state index in [1.165, 1.54) is 6.42 Å². The van der Waals surface area contributed by atoms with Gasteiger partial charge in [-0.2, -0.15) is 0 Å². The molecule has 0 spiro atoms. The average molecular weight is 217 g/mol. The number of nitrogen functional groups attached to an aromatic ring is 1. The molecule has 2 rings (SSSR count). The highest BCUT2D eigenvalue weighted by Crippen LogP contribution is 2.30. The Morgan fingerprint density at radius 2 is 2.00 bits per heavy atom. The zero-order valence-corrected chi connectivity index (χ0v) is 9.83. The number of aryl methyl sites for hydroxylation is 1. The molecule has 1 unspecified atom stereocenters. The summed E-state index contributed by atoms with van der Waals surface area (Å²) >= 11 is 0. The quantitative estimate of drug-likeness (QED) is 0.580. The summed E-state index contributed by atoms with van der Waals surface area (Å²) in [5.41, 5.74) is 8.87. The molecule has 2 heteroatoms. The smallest absolute Gasteiger partial charge is 0.140 e. The molecule has 1 aliphatic rings. The molecule has 1 fully saturated rings. The van der Waals surface area contributed by atoms with Gasteiger partial charge in [-0.05, 0) is 43.0 Å². The second-order valence-corrected chi connectivity index (χ2v) is 4.80. The molecule has 16 heavy (non-hydrogen) atoms. The number of hydrogen-bond acceptors (Lipinski definition) is 2. The van der Waals surface area contributed by atoms with Crippen LogP contribution in [0.5, 0.6) is 0 Å². The molecule has 0 amide bonds. The van der Waals surface area contributed by atoms with Crippen LogP contribution in [-0.4, -0.2) is 5.78 Å². The van der Waals surface area contributed by atoms with Gasteiger partial charge in [-0.25, -0.2) is 0 Å². The molecule has 0 radical (unpaired) electrons. The van der Waals surface area contributed by atoms with Crippen molar-refractivity contribution >= 4 is 11.5 Å². The predicted molar refractivity (Wildman–Crippen MR) is 66.4 cm³/mol. The van der Waals surface area contributed by atoms with E-state index in [4.69, 9.17) is 5.73 Å². The summed E-state index contributed by atoms with van der Waals surface area (Å²) in [6.45, 7) is 2.03. The van der Waals surface area contributed by atoms with Gasteiger partial charge in [0.25, 0.3) is 0 Å². The normalized spacial score (nSPS) is 21.8. The van der Waals surface area contributed by atoms with E-state index >= 15 is 0 Å². The van der Waals surface area contributed by atoms with Crippen LogP contribution in [0.15, 0.2) is 18.2 Å². The lowest BCUT2D eigenvalue weighted by molar-refractivity contribution is -0.120. The third-order valence-electron chi connectivity index (χ3n) is 3.33. The Labute approximate surface area is 96.8 Å². The van der Waals surface area contributed by atoms with E-state index in [1.54, 1.807) is 0 Å². The Balaban J connectivity index is 2.30. The Morgan fingerprint density at radius 3 is 2.75 bits per heavy atom. The lowest BCUT2D eigenvalue weighted by Gasteiger charge is -2.14. The van der Waals surface area contributed by atoms with Crippen molar-refractivity contribution in [2.24, 2.45) is 0 Å². The van der Waals surface area contributed by atoms with Gasteiger partial charge >= 0.3 is 0 Å². The summed E-state index contributed by atoms with van der Waals surface area (Å²) < 4.78 is 0. The molecule has 1 aromatic rings. The first-order chi connectivity index (χ1) is 7.66. The predicted octanol–water partition coefficient (Wildman–Crippen LogP) is 3.19. The van der Waals surface area contributed by atoms with E-state index in [-0.39, 0.29) is 5.92 Å². The van der Waals surface area contributed by atoms with Gasteiger partial charge in [0.05, 0.1) is 0 Å². The minimum absolute atomic E-state index is 0.0877. The fourth-order valence-corrected chi connectivity index (χ4v) is 2.56. The fourth-order valence-electron chi connectivity index (χ4n) is 2.56. The van der Waals surface area contributed by atoms with Gasteiger partial charge in [0.1, 0.15) is 5.78 Å². The van der Waals surface area contributed by atoms with E-state index in [0.717, 1.165) is 42.5 Å². The Bertz CT molecular complexity index is 377. The maximum atomic E-state index is 12.0. The third-order valence-corrected chi connectivity index (χ3v) is 3.33. The number of rotatable bonds is 1. The van der Waals surface area contributed by atoms with Crippen molar-refractivity contribution in [3.8, 4) is 0 Å². The molecule has 1 aliphatic carbocycles. The Hall–Kier alpha value is -1.31. The van der Waals surface area contributed by atoms with Crippen molar-refractivity contribution in [3.63, 3.8) is 0 Å². The molecule has 1 atom stereocenters. The molecule has 0 aliphatic heterocycles. The van der Waals surface area contributed by atoms with Crippen LogP contribution in [-0.2, 0) is 4.79 Å². The summed E-state index contributed by atoms with van der Waals surface area (Å²) in [4.78, 5) is 12.0. The lowest BCUT2D eigenvalue weighted by Crippen LogP contribution is -2.11. The van der Waals surface area contributed by atoms with Crippen molar-refractivity contribution in [3.05, 3.63) is 29.3 Å². The number of Topliss-reactive ketones (excluding diaryl/α,β-unsaturated/α-hetero) is 1. The van der Waals surface area contributed by atoms with Gasteiger partial charge < -0.3 is 5.73 Å². The fraction of sp³-hybridized carbons (Fsp3) is 0.500. The largest absolute Gasteiger partial charge is 0.399 e. The van der Waals surface area contributed by atoms with Crippen LogP contribution in [0.25, 0.3) is 0 Å². The first kappa shape index (κ1) is 11.2. The van der Waals surface area contributed by atoms with E-state index in [0.29, 0.717) is 5.78 Å². The van der Waals surface area contributed by atoms with Crippen LogP contribution in [0.2, 0.25) is 0 Å². The summed E-state index contributed by atoms with van der Waals surface area (Å²) in [6.07, 6.45) is 5.12. The van der Waals surface area contributed by atoms with Crippen LogP contribution in [0.4, 0.5) is 5.69 Å². The molecular formula is C14H19NO.